The van der Waals surface area contributed by atoms with E-state index in [9.17, 15) is 9.18 Å². The van der Waals surface area contributed by atoms with Crippen molar-refractivity contribution in [2.75, 3.05) is 0 Å². The van der Waals surface area contributed by atoms with E-state index in [0.29, 0.717) is 32.9 Å². The summed E-state index contributed by atoms with van der Waals surface area (Å²) in [6.45, 7) is 5.41. The van der Waals surface area contributed by atoms with E-state index < -0.39 is 5.82 Å². The van der Waals surface area contributed by atoms with Crippen LogP contribution in [0.15, 0.2) is 39.5 Å². The van der Waals surface area contributed by atoms with Gasteiger partial charge in [-0.3, -0.25) is 0 Å². The fourth-order valence-electron chi connectivity index (χ4n) is 2.62. The molecular weight excluding hydrogens is 331 g/mol. The molecule has 0 saturated heterocycles. The molecule has 0 bridgehead atoms. The fraction of sp³-hybridized carbons (Fsp3) is 0.211. The topological polar surface area (TPSA) is 39.4 Å². The number of hydrogen-bond donors (Lipinski definition) is 0. The lowest BCUT2D eigenvalue weighted by Gasteiger charge is -2.14. The molecule has 5 heteroatoms. The van der Waals surface area contributed by atoms with E-state index in [1.54, 1.807) is 25.1 Å². The van der Waals surface area contributed by atoms with Crippen LogP contribution < -0.4 is 10.4 Å². The molecule has 0 spiro atoms. The van der Waals surface area contributed by atoms with Crippen molar-refractivity contribution in [3.05, 3.63) is 73.8 Å². The zero-order chi connectivity index (χ0) is 17.4. The lowest BCUT2D eigenvalue weighted by Crippen LogP contribution is -2.07. The van der Waals surface area contributed by atoms with E-state index >= 15 is 0 Å². The number of ether oxygens (including phenoxy) is 1. The van der Waals surface area contributed by atoms with Gasteiger partial charge in [0.25, 0.3) is 0 Å². The van der Waals surface area contributed by atoms with Crippen LogP contribution in [0.2, 0.25) is 5.02 Å². The van der Waals surface area contributed by atoms with Gasteiger partial charge >= 0.3 is 5.63 Å². The van der Waals surface area contributed by atoms with Crippen molar-refractivity contribution >= 4 is 22.6 Å². The van der Waals surface area contributed by atoms with Crippen molar-refractivity contribution in [1.29, 1.82) is 0 Å². The molecule has 0 unspecified atom stereocenters. The number of hydrogen-bond acceptors (Lipinski definition) is 3. The van der Waals surface area contributed by atoms with Crippen molar-refractivity contribution in [1.82, 2.24) is 0 Å². The first kappa shape index (κ1) is 16.5. The quantitative estimate of drug-likeness (QED) is 0.620. The van der Waals surface area contributed by atoms with Crippen molar-refractivity contribution < 1.29 is 13.5 Å². The predicted octanol–water partition coefficient (Wildman–Crippen LogP) is 5.09. The molecule has 3 rings (SSSR count). The summed E-state index contributed by atoms with van der Waals surface area (Å²) in [7, 11) is 0. The van der Waals surface area contributed by atoms with E-state index in [4.69, 9.17) is 20.8 Å². The molecule has 3 aromatic rings. The van der Waals surface area contributed by atoms with Gasteiger partial charge in [-0.2, -0.15) is 0 Å². The van der Waals surface area contributed by atoms with Gasteiger partial charge in [0.1, 0.15) is 23.8 Å². The van der Waals surface area contributed by atoms with E-state index in [0.717, 1.165) is 11.1 Å². The molecule has 0 radical (unpaired) electrons. The molecule has 2 aromatic carbocycles. The first-order valence-corrected chi connectivity index (χ1v) is 7.86. The first-order valence-electron chi connectivity index (χ1n) is 7.49. The van der Waals surface area contributed by atoms with Crippen LogP contribution in [0.3, 0.4) is 0 Å². The van der Waals surface area contributed by atoms with Crippen LogP contribution in [0.25, 0.3) is 11.0 Å². The molecule has 0 aliphatic rings. The van der Waals surface area contributed by atoms with Gasteiger partial charge in [-0.05, 0) is 56.2 Å². The normalized spacial score (nSPS) is 11.0. The Labute approximate surface area is 143 Å². The van der Waals surface area contributed by atoms with E-state index in [1.165, 1.54) is 6.07 Å². The van der Waals surface area contributed by atoms with Gasteiger partial charge in [-0.1, -0.05) is 17.7 Å². The van der Waals surface area contributed by atoms with Crippen LogP contribution in [-0.2, 0) is 6.61 Å². The minimum Gasteiger partial charge on any atom is -0.488 e. The molecule has 3 nitrogen and oxygen atoms in total. The minimum absolute atomic E-state index is 0.0122. The average molecular weight is 347 g/mol. The number of fused-ring (bicyclic) bond motifs is 1. The molecule has 124 valence electrons. The van der Waals surface area contributed by atoms with Gasteiger partial charge in [-0.15, -0.1) is 0 Å². The number of aryl methyl sites for hydroxylation is 2. The summed E-state index contributed by atoms with van der Waals surface area (Å²) in [5.41, 5.74) is 2.58. The van der Waals surface area contributed by atoms with Gasteiger partial charge in [0, 0.05) is 11.1 Å². The average Bonchev–Trinajstić information content (AvgIpc) is 2.51. The van der Waals surface area contributed by atoms with E-state index in [-0.39, 0.29) is 12.2 Å². The molecule has 1 heterocycles. The summed E-state index contributed by atoms with van der Waals surface area (Å²) < 4.78 is 25.1. The Kier molecular flexibility index (Phi) is 4.33. The fourth-order valence-corrected chi connectivity index (χ4v) is 2.84. The second kappa shape index (κ2) is 6.29. The number of halogens is 2. The highest BCUT2D eigenvalue weighted by Crippen LogP contribution is 2.32. The van der Waals surface area contributed by atoms with Crippen LogP contribution in [-0.4, -0.2) is 0 Å². The first-order chi connectivity index (χ1) is 11.4. The summed E-state index contributed by atoms with van der Waals surface area (Å²) in [6, 6.07) is 8.13. The maximum absolute atomic E-state index is 13.9. The Morgan fingerprint density at radius 1 is 1.17 bits per heavy atom. The van der Waals surface area contributed by atoms with Gasteiger partial charge in [0.2, 0.25) is 0 Å². The Bertz CT molecular complexity index is 972. The van der Waals surface area contributed by atoms with Crippen molar-refractivity contribution in [2.24, 2.45) is 0 Å². The Hall–Kier alpha value is -2.33. The SMILES string of the molecule is Cc1cc(OCc2c(F)cccc2Cl)c2c(C)c(C)c(=O)oc2c1. The highest BCUT2D eigenvalue weighted by atomic mass is 35.5. The molecule has 1 aromatic heterocycles. The molecule has 24 heavy (non-hydrogen) atoms. The number of rotatable bonds is 3. The maximum Gasteiger partial charge on any atom is 0.339 e. The maximum atomic E-state index is 13.9. The lowest BCUT2D eigenvalue weighted by molar-refractivity contribution is 0.303. The smallest absolute Gasteiger partial charge is 0.339 e. The van der Waals surface area contributed by atoms with Crippen LogP contribution in [0, 0.1) is 26.6 Å². The van der Waals surface area contributed by atoms with Gasteiger partial charge in [0.05, 0.1) is 10.4 Å². The molecule has 0 N–H and O–H groups in total. The van der Waals surface area contributed by atoms with Crippen LogP contribution in [0.4, 0.5) is 4.39 Å². The standard InChI is InChI=1S/C19H16ClFO3/c1-10-7-16(23-9-13-14(20)5-4-6-15(13)21)18-11(2)12(3)19(22)24-17(18)8-10/h4-8H,9H2,1-3H3. The lowest BCUT2D eigenvalue weighted by atomic mass is 10.0. The third kappa shape index (κ3) is 2.89. The Balaban J connectivity index is 2.09. The third-order valence-electron chi connectivity index (χ3n) is 4.09. The van der Waals surface area contributed by atoms with Crippen molar-refractivity contribution in [3.63, 3.8) is 0 Å². The summed E-state index contributed by atoms with van der Waals surface area (Å²) in [5, 5.41) is 1.02. The molecule has 0 saturated carbocycles. The zero-order valence-corrected chi connectivity index (χ0v) is 14.3. The van der Waals surface area contributed by atoms with E-state index in [2.05, 4.69) is 0 Å². The Morgan fingerprint density at radius 2 is 1.92 bits per heavy atom. The summed E-state index contributed by atoms with van der Waals surface area (Å²) in [4.78, 5) is 11.9. The predicted molar refractivity (Wildman–Crippen MR) is 92.4 cm³/mol. The minimum atomic E-state index is -0.418. The van der Waals surface area contributed by atoms with Gasteiger partial charge in [0.15, 0.2) is 0 Å². The van der Waals surface area contributed by atoms with E-state index in [1.807, 2.05) is 19.9 Å². The second-order valence-electron chi connectivity index (χ2n) is 5.76. The zero-order valence-electron chi connectivity index (χ0n) is 13.6. The highest BCUT2D eigenvalue weighted by molar-refractivity contribution is 6.31. The summed E-state index contributed by atoms with van der Waals surface area (Å²) in [6.07, 6.45) is 0. The molecule has 0 aliphatic carbocycles. The molecule has 0 atom stereocenters. The van der Waals surface area contributed by atoms with Crippen LogP contribution >= 0.6 is 11.6 Å². The van der Waals surface area contributed by atoms with Crippen molar-refractivity contribution in [2.45, 2.75) is 27.4 Å². The molecular formula is C19H16ClFO3. The van der Waals surface area contributed by atoms with Crippen LogP contribution in [0.1, 0.15) is 22.3 Å². The van der Waals surface area contributed by atoms with Gasteiger partial charge < -0.3 is 9.15 Å². The second-order valence-corrected chi connectivity index (χ2v) is 6.17. The third-order valence-corrected chi connectivity index (χ3v) is 4.44. The highest BCUT2D eigenvalue weighted by Gasteiger charge is 2.15. The largest absolute Gasteiger partial charge is 0.488 e. The summed E-state index contributed by atoms with van der Waals surface area (Å²) >= 11 is 6.04. The van der Waals surface area contributed by atoms with Crippen LogP contribution in [0.5, 0.6) is 5.75 Å². The number of benzene rings is 2. The molecule has 0 aliphatic heterocycles. The van der Waals surface area contributed by atoms with Crippen molar-refractivity contribution in [3.8, 4) is 5.75 Å². The monoisotopic (exact) mass is 346 g/mol. The van der Waals surface area contributed by atoms with Gasteiger partial charge in [-0.25, -0.2) is 9.18 Å². The summed E-state index contributed by atoms with van der Waals surface area (Å²) in [5.74, 6) is 0.118. The molecule has 0 amide bonds. The molecule has 0 fully saturated rings. The Morgan fingerprint density at radius 3 is 2.62 bits per heavy atom.